The zero-order valence-corrected chi connectivity index (χ0v) is 12.1. The smallest absolute Gasteiger partial charge is 0.475 e. The Bertz CT molecular complexity index is 579. The molecule has 0 aliphatic rings. The number of aromatic carboxylic acids is 1. The second-order valence-electron chi connectivity index (χ2n) is 4.64. The molecule has 124 valence electrons. The summed E-state index contributed by atoms with van der Waals surface area (Å²) in [6.45, 7) is 0.163. The van der Waals surface area contributed by atoms with Gasteiger partial charge in [0.25, 0.3) is 6.47 Å². The van der Waals surface area contributed by atoms with Crippen LogP contribution in [0.15, 0.2) is 18.2 Å². The van der Waals surface area contributed by atoms with Crippen molar-refractivity contribution < 1.29 is 34.3 Å². The highest BCUT2D eigenvalue weighted by atomic mass is 16.5. The molecule has 0 saturated carbocycles. The number of rotatable bonds is 9. The van der Waals surface area contributed by atoms with Crippen LogP contribution in [0.4, 0.5) is 0 Å². The molecule has 0 aromatic heterocycles. The SMILES string of the molecule is NCCC(=O)N[C@@H](Cc1cccc(C(=O)O)c1OC=O)B(O)O. The molecule has 1 rings (SSSR count). The van der Waals surface area contributed by atoms with E-state index in [2.05, 4.69) is 5.32 Å². The van der Waals surface area contributed by atoms with Crippen LogP contribution in [0.1, 0.15) is 22.3 Å². The molecule has 1 aromatic carbocycles. The van der Waals surface area contributed by atoms with Crippen molar-refractivity contribution in [1.82, 2.24) is 5.32 Å². The predicted molar refractivity (Wildman–Crippen MR) is 79.6 cm³/mol. The third kappa shape index (κ3) is 5.36. The van der Waals surface area contributed by atoms with Crippen molar-refractivity contribution in [3.63, 3.8) is 0 Å². The fourth-order valence-corrected chi connectivity index (χ4v) is 1.98. The van der Waals surface area contributed by atoms with Crippen LogP contribution in [-0.2, 0) is 16.0 Å². The van der Waals surface area contributed by atoms with E-state index in [4.69, 9.17) is 15.6 Å². The van der Waals surface area contributed by atoms with Crippen molar-refractivity contribution in [2.45, 2.75) is 18.8 Å². The molecule has 0 saturated heterocycles. The van der Waals surface area contributed by atoms with E-state index in [-0.39, 0.29) is 42.7 Å². The quantitative estimate of drug-likeness (QED) is 0.266. The Morgan fingerprint density at radius 3 is 2.61 bits per heavy atom. The Hall–Kier alpha value is -2.43. The zero-order valence-electron chi connectivity index (χ0n) is 12.1. The zero-order chi connectivity index (χ0) is 17.4. The minimum absolute atomic E-state index is 0.00389. The molecule has 0 heterocycles. The number of carboxylic acids is 1. The molecular weight excluding hydrogens is 307 g/mol. The van der Waals surface area contributed by atoms with Crippen molar-refractivity contribution >= 4 is 25.5 Å². The molecular formula is C13H17BN2O7. The standard InChI is InChI=1S/C13H17BN2O7/c15-5-4-11(18)16-10(14(21)22)6-8-2-1-3-9(13(19)20)12(8)23-7-17/h1-3,7,10,21-22H,4-6,15H2,(H,16,18)(H,19,20)/t10-/m0/s1. The van der Waals surface area contributed by atoms with E-state index in [1.165, 1.54) is 18.2 Å². The number of carbonyl (C=O) groups is 3. The number of carbonyl (C=O) groups excluding carboxylic acids is 2. The number of para-hydroxylation sites is 1. The second-order valence-corrected chi connectivity index (χ2v) is 4.64. The van der Waals surface area contributed by atoms with Gasteiger partial charge in [-0.25, -0.2) is 4.79 Å². The maximum atomic E-state index is 11.5. The Morgan fingerprint density at radius 2 is 2.09 bits per heavy atom. The molecule has 9 nitrogen and oxygen atoms in total. The summed E-state index contributed by atoms with van der Waals surface area (Å²) in [6.07, 6.45) is -0.158. The molecule has 1 aromatic rings. The van der Waals surface area contributed by atoms with Crippen LogP contribution in [0.3, 0.4) is 0 Å². The summed E-state index contributed by atoms with van der Waals surface area (Å²) in [7, 11) is -1.89. The fraction of sp³-hybridized carbons (Fsp3) is 0.308. The third-order valence-electron chi connectivity index (χ3n) is 3.01. The van der Waals surface area contributed by atoms with Crippen molar-refractivity contribution in [1.29, 1.82) is 0 Å². The van der Waals surface area contributed by atoms with Gasteiger partial charge >= 0.3 is 13.1 Å². The van der Waals surface area contributed by atoms with Gasteiger partial charge in [-0.2, -0.15) is 0 Å². The first-order valence-corrected chi connectivity index (χ1v) is 6.71. The van der Waals surface area contributed by atoms with E-state index >= 15 is 0 Å². The third-order valence-corrected chi connectivity index (χ3v) is 3.01. The number of carboxylic acid groups (broad SMARTS) is 1. The Morgan fingerprint density at radius 1 is 1.39 bits per heavy atom. The minimum Gasteiger partial charge on any atom is -0.478 e. The first-order valence-electron chi connectivity index (χ1n) is 6.71. The van der Waals surface area contributed by atoms with E-state index in [9.17, 15) is 24.4 Å². The molecule has 0 radical (unpaired) electrons. The molecule has 10 heteroatoms. The van der Waals surface area contributed by atoms with Crippen molar-refractivity contribution in [2.75, 3.05) is 6.54 Å². The molecule has 6 N–H and O–H groups in total. The Kier molecular flexibility index (Phi) is 7.19. The van der Waals surface area contributed by atoms with Crippen LogP contribution in [0.5, 0.6) is 5.75 Å². The van der Waals surface area contributed by atoms with Crippen molar-refractivity contribution in [3.05, 3.63) is 29.3 Å². The average Bonchev–Trinajstić information content (AvgIpc) is 2.48. The highest BCUT2D eigenvalue weighted by molar-refractivity contribution is 6.43. The van der Waals surface area contributed by atoms with Gasteiger partial charge in [-0.3, -0.25) is 9.59 Å². The number of ether oxygens (including phenoxy) is 1. The van der Waals surface area contributed by atoms with E-state index in [1.807, 2.05) is 0 Å². The van der Waals surface area contributed by atoms with E-state index < -0.39 is 24.9 Å². The molecule has 0 fully saturated rings. The summed E-state index contributed by atoms with van der Waals surface area (Å²) in [6, 6.07) is 4.11. The normalized spacial score (nSPS) is 11.4. The monoisotopic (exact) mass is 324 g/mol. The lowest BCUT2D eigenvalue weighted by Gasteiger charge is -2.19. The van der Waals surface area contributed by atoms with Gasteiger partial charge < -0.3 is 30.9 Å². The van der Waals surface area contributed by atoms with Crippen LogP contribution in [0, 0.1) is 0 Å². The van der Waals surface area contributed by atoms with Gasteiger partial charge in [-0.1, -0.05) is 12.1 Å². The number of amides is 1. The number of hydrogen-bond acceptors (Lipinski definition) is 7. The highest BCUT2D eigenvalue weighted by Crippen LogP contribution is 2.25. The molecule has 1 atom stereocenters. The van der Waals surface area contributed by atoms with E-state index in [0.29, 0.717) is 0 Å². The summed E-state index contributed by atoms with van der Waals surface area (Å²) >= 11 is 0. The molecule has 0 spiro atoms. The number of nitrogens with two attached hydrogens (primary N) is 1. The Balaban J connectivity index is 3.08. The number of benzene rings is 1. The predicted octanol–water partition coefficient (Wildman–Crippen LogP) is -1.69. The van der Waals surface area contributed by atoms with Gasteiger partial charge in [0.1, 0.15) is 11.3 Å². The molecule has 1 amide bonds. The molecule has 23 heavy (non-hydrogen) atoms. The van der Waals surface area contributed by atoms with Crippen LogP contribution in [-0.4, -0.2) is 53.1 Å². The van der Waals surface area contributed by atoms with Gasteiger partial charge in [0.2, 0.25) is 5.91 Å². The fourth-order valence-electron chi connectivity index (χ4n) is 1.98. The lowest BCUT2D eigenvalue weighted by atomic mass is 9.75. The minimum atomic E-state index is -1.89. The summed E-state index contributed by atoms with van der Waals surface area (Å²) in [5.41, 5.74) is 5.21. The molecule has 0 aliphatic heterocycles. The summed E-state index contributed by atoms with van der Waals surface area (Å²) < 4.78 is 4.71. The molecule has 0 bridgehead atoms. The number of hydrogen-bond donors (Lipinski definition) is 5. The van der Waals surface area contributed by atoms with Crippen molar-refractivity contribution in [2.24, 2.45) is 5.73 Å². The van der Waals surface area contributed by atoms with Crippen molar-refractivity contribution in [3.8, 4) is 5.75 Å². The first-order chi connectivity index (χ1) is 10.9. The summed E-state index contributed by atoms with van der Waals surface area (Å²) in [5.74, 6) is -3.13. The summed E-state index contributed by atoms with van der Waals surface area (Å²) in [5, 5.41) is 30.2. The van der Waals surface area contributed by atoms with Crippen LogP contribution in [0.25, 0.3) is 0 Å². The average molecular weight is 324 g/mol. The van der Waals surface area contributed by atoms with E-state index in [0.717, 1.165) is 0 Å². The lowest BCUT2D eigenvalue weighted by molar-refractivity contribution is -0.122. The number of nitrogens with one attached hydrogen (secondary N) is 1. The topological polar surface area (TPSA) is 159 Å². The van der Waals surface area contributed by atoms with Crippen LogP contribution in [0.2, 0.25) is 0 Å². The van der Waals surface area contributed by atoms with E-state index in [1.54, 1.807) is 0 Å². The summed E-state index contributed by atoms with van der Waals surface area (Å²) in [4.78, 5) is 33.3. The van der Waals surface area contributed by atoms with Gasteiger partial charge in [0.05, 0.1) is 5.94 Å². The second kappa shape index (κ2) is 8.88. The van der Waals surface area contributed by atoms with Gasteiger partial charge in [-0.05, 0) is 18.1 Å². The van der Waals surface area contributed by atoms with Gasteiger partial charge in [0, 0.05) is 13.0 Å². The van der Waals surface area contributed by atoms with Gasteiger partial charge in [0.15, 0.2) is 0 Å². The maximum Gasteiger partial charge on any atom is 0.475 e. The highest BCUT2D eigenvalue weighted by Gasteiger charge is 2.27. The maximum absolute atomic E-state index is 11.5. The largest absolute Gasteiger partial charge is 0.478 e. The Labute approximate surface area is 132 Å². The van der Waals surface area contributed by atoms with Crippen LogP contribution >= 0.6 is 0 Å². The lowest BCUT2D eigenvalue weighted by Crippen LogP contribution is -2.48. The molecule has 0 aliphatic carbocycles. The molecule has 0 unspecified atom stereocenters. The first kappa shape index (κ1) is 18.6. The van der Waals surface area contributed by atoms with Crippen LogP contribution < -0.4 is 15.8 Å². The van der Waals surface area contributed by atoms with Gasteiger partial charge in [-0.15, -0.1) is 0 Å².